The van der Waals surface area contributed by atoms with E-state index >= 15 is 0 Å². The van der Waals surface area contributed by atoms with Gasteiger partial charge in [-0.15, -0.1) is 0 Å². The van der Waals surface area contributed by atoms with E-state index in [1.54, 1.807) is 0 Å². The van der Waals surface area contributed by atoms with Crippen LogP contribution in [0.25, 0.3) is 0 Å². The Labute approximate surface area is 213 Å². The molecule has 0 heterocycles. The molecule has 0 aromatic carbocycles. The first-order chi connectivity index (χ1) is 17.1. The van der Waals surface area contributed by atoms with Crippen molar-refractivity contribution in [2.75, 3.05) is 6.54 Å². The van der Waals surface area contributed by atoms with E-state index in [2.05, 4.69) is 20.9 Å². The predicted octanol–water partition coefficient (Wildman–Crippen LogP) is -2.71. The highest BCUT2D eigenvalue weighted by atomic mass is 16.4. The zero-order valence-electron chi connectivity index (χ0n) is 20.8. The normalized spacial score (nSPS) is 13.9. The van der Waals surface area contributed by atoms with Crippen LogP contribution in [0, 0.1) is 5.92 Å². The first-order valence-electron chi connectivity index (χ1n) is 11.5. The molecule has 0 aromatic rings. The van der Waals surface area contributed by atoms with E-state index in [0.29, 0.717) is 0 Å². The van der Waals surface area contributed by atoms with Crippen LogP contribution in [0.1, 0.15) is 52.4 Å². The third-order valence-electron chi connectivity index (χ3n) is 4.91. The maximum atomic E-state index is 12.8. The molecule has 0 aliphatic rings. The monoisotopic (exact) mass is 531 g/mol. The van der Waals surface area contributed by atoms with Crippen molar-refractivity contribution in [3.05, 3.63) is 0 Å². The molecular formula is C21H37N7O9. The summed E-state index contributed by atoms with van der Waals surface area (Å²) in [6.07, 6.45) is -1.45. The fraction of sp³-hybridized carbons (Fsp3) is 0.667. The maximum Gasteiger partial charge on any atom is 0.326 e. The fourth-order valence-corrected chi connectivity index (χ4v) is 3.12. The van der Waals surface area contributed by atoms with Crippen molar-refractivity contribution in [3.63, 3.8) is 0 Å². The molecule has 4 unspecified atom stereocenters. The number of nitrogens with two attached hydrogens (primary N) is 3. The number of carboxylic acids is 3. The molecule has 37 heavy (non-hydrogen) atoms. The van der Waals surface area contributed by atoms with Crippen molar-refractivity contribution >= 4 is 41.6 Å². The van der Waals surface area contributed by atoms with E-state index in [9.17, 15) is 39.0 Å². The summed E-state index contributed by atoms with van der Waals surface area (Å²) in [4.78, 5) is 75.5. The Balaban J connectivity index is 5.55. The van der Waals surface area contributed by atoms with E-state index < -0.39 is 72.6 Å². The van der Waals surface area contributed by atoms with Gasteiger partial charge < -0.3 is 48.5 Å². The number of carboxylic acid groups (broad SMARTS) is 3. The second-order valence-electron chi connectivity index (χ2n) is 8.74. The number of hydrogen-bond acceptors (Lipinski definition) is 8. The summed E-state index contributed by atoms with van der Waals surface area (Å²) in [6.45, 7) is 3.73. The molecule has 0 bridgehead atoms. The number of amides is 3. The van der Waals surface area contributed by atoms with Crippen molar-refractivity contribution in [2.45, 2.75) is 76.5 Å². The van der Waals surface area contributed by atoms with Crippen LogP contribution in [0.4, 0.5) is 0 Å². The molecule has 0 fully saturated rings. The summed E-state index contributed by atoms with van der Waals surface area (Å²) in [7, 11) is 0. The van der Waals surface area contributed by atoms with E-state index in [1.807, 2.05) is 13.8 Å². The first-order valence-corrected chi connectivity index (χ1v) is 11.5. The molecule has 0 spiro atoms. The average molecular weight is 532 g/mol. The molecular weight excluding hydrogens is 494 g/mol. The van der Waals surface area contributed by atoms with Gasteiger partial charge in [-0.05, 0) is 31.6 Å². The molecule has 0 rings (SSSR count). The quantitative estimate of drug-likeness (QED) is 0.0495. The molecule has 16 heteroatoms. The Morgan fingerprint density at radius 1 is 0.784 bits per heavy atom. The second kappa shape index (κ2) is 16.7. The van der Waals surface area contributed by atoms with Crippen molar-refractivity contribution in [3.8, 4) is 0 Å². The number of nitrogens with one attached hydrogen (secondary N) is 3. The van der Waals surface area contributed by atoms with Gasteiger partial charge in [-0.1, -0.05) is 13.8 Å². The fourth-order valence-electron chi connectivity index (χ4n) is 3.12. The average Bonchev–Trinajstić information content (AvgIpc) is 2.76. The smallest absolute Gasteiger partial charge is 0.326 e. The molecule has 12 N–H and O–H groups in total. The minimum Gasteiger partial charge on any atom is -0.481 e. The van der Waals surface area contributed by atoms with Gasteiger partial charge in [0.05, 0.1) is 12.5 Å². The van der Waals surface area contributed by atoms with Crippen LogP contribution < -0.4 is 33.2 Å². The Morgan fingerprint density at radius 3 is 1.81 bits per heavy atom. The van der Waals surface area contributed by atoms with Crippen LogP contribution in [-0.2, 0) is 28.8 Å². The van der Waals surface area contributed by atoms with Crippen molar-refractivity contribution in [2.24, 2.45) is 28.1 Å². The molecule has 0 aromatic heterocycles. The van der Waals surface area contributed by atoms with Crippen LogP contribution in [0.15, 0.2) is 4.99 Å². The lowest BCUT2D eigenvalue weighted by Gasteiger charge is -2.24. The Bertz CT molecular complexity index is 859. The van der Waals surface area contributed by atoms with Gasteiger partial charge in [0.25, 0.3) is 0 Å². The molecule has 3 amide bonds. The van der Waals surface area contributed by atoms with Gasteiger partial charge >= 0.3 is 17.9 Å². The van der Waals surface area contributed by atoms with Crippen molar-refractivity contribution in [1.29, 1.82) is 0 Å². The molecule has 210 valence electrons. The highest BCUT2D eigenvalue weighted by Crippen LogP contribution is 2.07. The number of carbonyl (C=O) groups excluding carboxylic acids is 3. The second-order valence-corrected chi connectivity index (χ2v) is 8.74. The molecule has 0 radical (unpaired) electrons. The Hall–Kier alpha value is -3.95. The van der Waals surface area contributed by atoms with E-state index in [1.165, 1.54) is 0 Å². The molecule has 0 saturated carbocycles. The third-order valence-corrected chi connectivity index (χ3v) is 4.91. The lowest BCUT2D eigenvalue weighted by Crippen LogP contribution is -2.57. The summed E-state index contributed by atoms with van der Waals surface area (Å²) < 4.78 is 0. The molecule has 0 aliphatic heterocycles. The molecule has 0 saturated heterocycles. The van der Waals surface area contributed by atoms with Gasteiger partial charge in [0.2, 0.25) is 17.7 Å². The van der Waals surface area contributed by atoms with E-state index in [4.69, 9.17) is 22.3 Å². The minimum absolute atomic E-state index is 0.0531. The molecule has 0 aliphatic carbocycles. The number of nitrogens with zero attached hydrogens (tertiary/aromatic N) is 1. The zero-order valence-corrected chi connectivity index (χ0v) is 20.8. The van der Waals surface area contributed by atoms with Gasteiger partial charge in [-0.3, -0.25) is 29.0 Å². The van der Waals surface area contributed by atoms with Crippen LogP contribution in [0.5, 0.6) is 0 Å². The zero-order chi connectivity index (χ0) is 28.7. The summed E-state index contributed by atoms with van der Waals surface area (Å²) >= 11 is 0. The summed E-state index contributed by atoms with van der Waals surface area (Å²) in [5.74, 6) is -7.17. The highest BCUT2D eigenvalue weighted by Gasteiger charge is 2.31. The highest BCUT2D eigenvalue weighted by molar-refractivity contribution is 5.95. The number of aliphatic carboxylic acids is 3. The Morgan fingerprint density at radius 2 is 1.32 bits per heavy atom. The number of rotatable bonds is 18. The van der Waals surface area contributed by atoms with Gasteiger partial charge in [0.1, 0.15) is 18.1 Å². The van der Waals surface area contributed by atoms with E-state index in [0.717, 1.165) is 0 Å². The maximum absolute atomic E-state index is 12.8. The third kappa shape index (κ3) is 14.9. The van der Waals surface area contributed by atoms with Crippen LogP contribution in [0.2, 0.25) is 0 Å². The van der Waals surface area contributed by atoms with E-state index in [-0.39, 0.29) is 44.1 Å². The Kier molecular flexibility index (Phi) is 14.9. The minimum atomic E-state index is -1.72. The van der Waals surface area contributed by atoms with Crippen molar-refractivity contribution < 1.29 is 44.1 Å². The van der Waals surface area contributed by atoms with Crippen LogP contribution in [-0.4, -0.2) is 87.6 Å². The largest absolute Gasteiger partial charge is 0.481 e. The van der Waals surface area contributed by atoms with Crippen LogP contribution in [0.3, 0.4) is 0 Å². The molecule has 4 atom stereocenters. The van der Waals surface area contributed by atoms with Gasteiger partial charge in [0, 0.05) is 13.0 Å². The number of hydrogen-bond donors (Lipinski definition) is 9. The van der Waals surface area contributed by atoms with Gasteiger partial charge in [-0.25, -0.2) is 4.79 Å². The lowest BCUT2D eigenvalue weighted by atomic mass is 10.0. The summed E-state index contributed by atoms with van der Waals surface area (Å²) in [6, 6.07) is -5.60. The summed E-state index contributed by atoms with van der Waals surface area (Å²) in [5, 5.41) is 34.2. The molecule has 16 nitrogen and oxygen atoms in total. The predicted molar refractivity (Wildman–Crippen MR) is 130 cm³/mol. The van der Waals surface area contributed by atoms with Crippen LogP contribution >= 0.6 is 0 Å². The first kappa shape index (κ1) is 33.0. The SMILES string of the molecule is CC(C)CC(N)C(=O)NC(CCC(=O)O)C(=O)NC(CC(=O)O)C(=O)NC(CCCN=C(N)N)C(=O)O. The summed E-state index contributed by atoms with van der Waals surface area (Å²) in [5.41, 5.74) is 16.2. The standard InChI is InChI=1S/C21H37N7O9/c1-10(2)8-11(22)17(33)26-12(5-6-15(29)30)18(34)28-14(9-16(31)32)19(35)27-13(20(36)37)4-3-7-25-21(23)24/h10-14H,3-9,22H2,1-2H3,(H,26,33)(H,27,35)(H,28,34)(H,29,30)(H,31,32)(H,36,37)(H4,23,24,25). The number of carbonyl (C=O) groups is 6. The van der Waals surface area contributed by atoms with Gasteiger partial charge in [-0.2, -0.15) is 0 Å². The topological polar surface area (TPSA) is 290 Å². The number of aliphatic imine (C=N–C) groups is 1. The lowest BCUT2D eigenvalue weighted by molar-refractivity contribution is -0.143. The van der Waals surface area contributed by atoms with Crippen molar-refractivity contribution in [1.82, 2.24) is 16.0 Å². The number of guanidine groups is 1. The van der Waals surface area contributed by atoms with Gasteiger partial charge in [0.15, 0.2) is 5.96 Å².